The summed E-state index contributed by atoms with van der Waals surface area (Å²) in [7, 11) is 0. The second-order valence-corrected chi connectivity index (χ2v) is 5.52. The predicted octanol–water partition coefficient (Wildman–Crippen LogP) is 3.44. The van der Waals surface area contributed by atoms with Crippen LogP contribution in [0.2, 0.25) is 5.02 Å². The van der Waals surface area contributed by atoms with E-state index in [1.54, 1.807) is 12.1 Å². The maximum Gasteiger partial charge on any atom is 0.122 e. The zero-order valence-corrected chi connectivity index (χ0v) is 11.0. The molecule has 0 aliphatic carbocycles. The first-order chi connectivity index (χ1) is 7.29. The topological polar surface area (TPSA) is 40.5 Å². The molecule has 0 saturated heterocycles. The lowest BCUT2D eigenvalue weighted by atomic mass is 9.82. The van der Waals surface area contributed by atoms with Gasteiger partial charge in [-0.1, -0.05) is 39.3 Å². The maximum atomic E-state index is 10.2. The molecule has 0 fully saturated rings. The summed E-state index contributed by atoms with van der Waals surface area (Å²) >= 11 is 6.04. The van der Waals surface area contributed by atoms with Crippen LogP contribution in [0.15, 0.2) is 12.1 Å². The second-order valence-electron chi connectivity index (χ2n) is 5.09. The minimum absolute atomic E-state index is 0.0293. The molecule has 0 spiro atoms. The summed E-state index contributed by atoms with van der Waals surface area (Å²) in [4.78, 5) is 0. The molecule has 1 aromatic carbocycles. The molecule has 1 aromatic rings. The van der Waals surface area contributed by atoms with E-state index in [4.69, 9.17) is 11.6 Å². The molecule has 0 bridgehead atoms. The van der Waals surface area contributed by atoms with Crippen LogP contribution in [0.4, 0.5) is 0 Å². The van der Waals surface area contributed by atoms with Crippen LogP contribution >= 0.6 is 11.6 Å². The molecule has 0 unspecified atom stereocenters. The van der Waals surface area contributed by atoms with Crippen molar-refractivity contribution in [3.8, 4) is 5.75 Å². The highest BCUT2D eigenvalue weighted by Gasteiger charge is 2.25. The Bertz CT molecular complexity index is 384. The summed E-state index contributed by atoms with van der Waals surface area (Å²) in [6.07, 6.45) is 0. The van der Waals surface area contributed by atoms with Crippen molar-refractivity contribution in [1.82, 2.24) is 0 Å². The predicted molar refractivity (Wildman–Crippen MR) is 67.3 cm³/mol. The highest BCUT2D eigenvalue weighted by Crippen LogP contribution is 2.38. The van der Waals surface area contributed by atoms with Gasteiger partial charge >= 0.3 is 0 Å². The number of benzene rings is 1. The molecule has 2 nitrogen and oxygen atoms in total. The number of aliphatic hydroxyl groups excluding tert-OH is 1. The summed E-state index contributed by atoms with van der Waals surface area (Å²) in [5.41, 5.74) is 1.04. The Hall–Kier alpha value is -0.730. The molecule has 1 rings (SSSR count). The lowest BCUT2D eigenvalue weighted by Gasteiger charge is -2.25. The molecule has 90 valence electrons. The van der Waals surface area contributed by atoms with Crippen molar-refractivity contribution >= 4 is 11.6 Å². The van der Waals surface area contributed by atoms with Crippen LogP contribution in [-0.4, -0.2) is 16.8 Å². The lowest BCUT2D eigenvalue weighted by molar-refractivity contribution is 0.215. The third-order valence-corrected chi connectivity index (χ3v) is 3.07. The Morgan fingerprint density at radius 2 is 1.88 bits per heavy atom. The van der Waals surface area contributed by atoms with Crippen LogP contribution in [-0.2, 0) is 5.41 Å². The molecule has 0 aliphatic heterocycles. The average molecular weight is 243 g/mol. The Labute approximate surface area is 102 Å². The largest absolute Gasteiger partial charge is 0.507 e. The first-order valence-electron chi connectivity index (χ1n) is 5.43. The summed E-state index contributed by atoms with van der Waals surface area (Å²) in [5, 5.41) is 20.1. The van der Waals surface area contributed by atoms with Crippen LogP contribution in [0, 0.1) is 0 Å². The SMILES string of the molecule is CC(C)c1cc(Cl)cc(C(C)(C)CO)c1O. The third kappa shape index (κ3) is 2.50. The number of phenols is 1. The normalized spacial score (nSPS) is 12.2. The molecule has 0 radical (unpaired) electrons. The van der Waals surface area contributed by atoms with Gasteiger partial charge < -0.3 is 10.2 Å². The van der Waals surface area contributed by atoms with Gasteiger partial charge in [0, 0.05) is 16.0 Å². The van der Waals surface area contributed by atoms with Gasteiger partial charge in [0.1, 0.15) is 5.75 Å². The van der Waals surface area contributed by atoms with Crippen molar-refractivity contribution in [3.05, 3.63) is 28.3 Å². The lowest BCUT2D eigenvalue weighted by Crippen LogP contribution is -2.22. The van der Waals surface area contributed by atoms with Crippen LogP contribution in [0.25, 0.3) is 0 Å². The Balaban J connectivity index is 3.41. The van der Waals surface area contributed by atoms with Gasteiger partial charge in [0.15, 0.2) is 0 Å². The number of phenolic OH excluding ortho intramolecular Hbond substituents is 1. The molecule has 0 amide bonds. The van der Waals surface area contributed by atoms with Gasteiger partial charge in [-0.3, -0.25) is 0 Å². The molecule has 0 atom stereocenters. The zero-order valence-electron chi connectivity index (χ0n) is 10.2. The number of aliphatic hydroxyl groups is 1. The Morgan fingerprint density at radius 1 is 1.31 bits per heavy atom. The smallest absolute Gasteiger partial charge is 0.122 e. The van der Waals surface area contributed by atoms with Crippen molar-refractivity contribution in [1.29, 1.82) is 0 Å². The van der Waals surface area contributed by atoms with E-state index in [1.807, 2.05) is 27.7 Å². The van der Waals surface area contributed by atoms with Crippen LogP contribution < -0.4 is 0 Å². The van der Waals surface area contributed by atoms with Crippen LogP contribution in [0.1, 0.15) is 44.7 Å². The van der Waals surface area contributed by atoms with E-state index < -0.39 is 5.41 Å². The van der Waals surface area contributed by atoms with Gasteiger partial charge in [-0.05, 0) is 23.6 Å². The van der Waals surface area contributed by atoms with Crippen molar-refractivity contribution in [2.75, 3.05) is 6.61 Å². The summed E-state index contributed by atoms with van der Waals surface area (Å²) < 4.78 is 0. The third-order valence-electron chi connectivity index (χ3n) is 2.85. The maximum absolute atomic E-state index is 10.2. The summed E-state index contributed by atoms with van der Waals surface area (Å²) in [6.45, 7) is 7.73. The van der Waals surface area contributed by atoms with Crippen molar-refractivity contribution < 1.29 is 10.2 Å². The number of hydrogen-bond acceptors (Lipinski definition) is 2. The minimum Gasteiger partial charge on any atom is -0.507 e. The van der Waals surface area contributed by atoms with Crippen LogP contribution in [0.3, 0.4) is 0 Å². The highest BCUT2D eigenvalue weighted by atomic mass is 35.5. The monoisotopic (exact) mass is 242 g/mol. The van der Waals surface area contributed by atoms with Crippen LogP contribution in [0.5, 0.6) is 5.75 Å². The summed E-state index contributed by atoms with van der Waals surface area (Å²) in [5.74, 6) is 0.449. The Morgan fingerprint density at radius 3 is 2.31 bits per heavy atom. The van der Waals surface area contributed by atoms with Crippen molar-refractivity contribution in [3.63, 3.8) is 0 Å². The number of aromatic hydroxyl groups is 1. The number of rotatable bonds is 3. The van der Waals surface area contributed by atoms with E-state index in [-0.39, 0.29) is 18.3 Å². The first-order valence-corrected chi connectivity index (χ1v) is 5.81. The van der Waals surface area contributed by atoms with E-state index in [1.165, 1.54) is 0 Å². The number of hydrogen-bond donors (Lipinski definition) is 2. The van der Waals surface area contributed by atoms with E-state index in [0.717, 1.165) is 5.56 Å². The highest BCUT2D eigenvalue weighted by molar-refractivity contribution is 6.30. The second kappa shape index (κ2) is 4.64. The molecular formula is C13H19ClO2. The fourth-order valence-electron chi connectivity index (χ4n) is 1.66. The van der Waals surface area contributed by atoms with Gasteiger partial charge in [-0.25, -0.2) is 0 Å². The minimum atomic E-state index is -0.487. The molecule has 3 heteroatoms. The fraction of sp³-hybridized carbons (Fsp3) is 0.538. The standard InChI is InChI=1S/C13H19ClO2/c1-8(2)10-5-9(14)6-11(12(10)16)13(3,4)7-15/h5-6,8,15-16H,7H2,1-4H3. The average Bonchev–Trinajstić information content (AvgIpc) is 2.20. The van der Waals surface area contributed by atoms with E-state index >= 15 is 0 Å². The van der Waals surface area contributed by atoms with Gasteiger partial charge in [-0.2, -0.15) is 0 Å². The summed E-state index contributed by atoms with van der Waals surface area (Å²) in [6, 6.07) is 3.50. The van der Waals surface area contributed by atoms with Crippen molar-refractivity contribution in [2.24, 2.45) is 0 Å². The van der Waals surface area contributed by atoms with E-state index in [0.29, 0.717) is 10.6 Å². The van der Waals surface area contributed by atoms with E-state index in [2.05, 4.69) is 0 Å². The quantitative estimate of drug-likeness (QED) is 0.853. The fourth-order valence-corrected chi connectivity index (χ4v) is 1.89. The zero-order chi connectivity index (χ0) is 12.5. The van der Waals surface area contributed by atoms with Gasteiger partial charge in [0.05, 0.1) is 6.61 Å². The molecule has 0 saturated carbocycles. The van der Waals surface area contributed by atoms with Crippen molar-refractivity contribution in [2.45, 2.75) is 39.0 Å². The molecule has 0 aliphatic rings. The van der Waals surface area contributed by atoms with Gasteiger partial charge in [0.2, 0.25) is 0 Å². The van der Waals surface area contributed by atoms with E-state index in [9.17, 15) is 10.2 Å². The molecular weight excluding hydrogens is 224 g/mol. The molecule has 2 N–H and O–H groups in total. The number of halogens is 1. The molecule has 0 aromatic heterocycles. The first kappa shape index (κ1) is 13.3. The van der Waals surface area contributed by atoms with Gasteiger partial charge in [0.25, 0.3) is 0 Å². The molecule has 0 heterocycles. The van der Waals surface area contributed by atoms with Gasteiger partial charge in [-0.15, -0.1) is 0 Å². The molecule has 16 heavy (non-hydrogen) atoms. The Kier molecular flexibility index (Phi) is 3.87.